The van der Waals surface area contributed by atoms with Crippen molar-refractivity contribution < 1.29 is 28.6 Å². The number of carbonyl (C=O) groups is 3. The number of unbranched alkanes of at least 4 members (excludes halogenated alkanes) is 47. The summed E-state index contributed by atoms with van der Waals surface area (Å²) in [6, 6.07) is 0. The number of allylic oxidation sites excluding steroid dienone is 8. The molecule has 0 aliphatic heterocycles. The molecular weight excluding hydrogens is 985 g/mol. The molecule has 0 N–H and O–H groups in total. The van der Waals surface area contributed by atoms with Crippen LogP contribution < -0.4 is 0 Å². The lowest BCUT2D eigenvalue weighted by Crippen LogP contribution is -2.30. The van der Waals surface area contributed by atoms with Crippen LogP contribution in [-0.2, 0) is 28.6 Å². The van der Waals surface area contributed by atoms with Gasteiger partial charge in [-0.2, -0.15) is 0 Å². The van der Waals surface area contributed by atoms with E-state index in [1.807, 2.05) is 0 Å². The Hall–Kier alpha value is -2.63. The van der Waals surface area contributed by atoms with Gasteiger partial charge in [-0.25, -0.2) is 0 Å². The van der Waals surface area contributed by atoms with Crippen LogP contribution in [0.2, 0.25) is 0 Å². The van der Waals surface area contributed by atoms with Gasteiger partial charge in [-0.05, 0) is 96.3 Å². The molecule has 0 saturated carbocycles. The van der Waals surface area contributed by atoms with Crippen molar-refractivity contribution in [3.8, 4) is 0 Å². The summed E-state index contributed by atoms with van der Waals surface area (Å²) in [7, 11) is 0. The molecule has 80 heavy (non-hydrogen) atoms. The Bertz CT molecular complexity index is 1380. The summed E-state index contributed by atoms with van der Waals surface area (Å²) >= 11 is 0. The molecule has 0 heterocycles. The van der Waals surface area contributed by atoms with Crippen LogP contribution in [0.3, 0.4) is 0 Å². The molecule has 0 amide bonds. The maximum Gasteiger partial charge on any atom is 0.306 e. The fourth-order valence-electron chi connectivity index (χ4n) is 10.6. The molecular formula is C74H136O6. The topological polar surface area (TPSA) is 78.9 Å². The molecule has 0 aliphatic carbocycles. The van der Waals surface area contributed by atoms with Crippen LogP contribution in [0, 0.1) is 0 Å². The van der Waals surface area contributed by atoms with E-state index in [0.717, 1.165) is 77.0 Å². The molecule has 0 aromatic carbocycles. The van der Waals surface area contributed by atoms with E-state index in [0.29, 0.717) is 19.3 Å². The van der Waals surface area contributed by atoms with Crippen LogP contribution in [0.15, 0.2) is 48.6 Å². The van der Waals surface area contributed by atoms with Gasteiger partial charge in [0.1, 0.15) is 13.2 Å². The minimum Gasteiger partial charge on any atom is -0.462 e. The van der Waals surface area contributed by atoms with Crippen molar-refractivity contribution in [1.82, 2.24) is 0 Å². The summed E-state index contributed by atoms with van der Waals surface area (Å²) < 4.78 is 17.0. The van der Waals surface area contributed by atoms with Crippen molar-refractivity contribution in [3.63, 3.8) is 0 Å². The Morgan fingerprint density at radius 1 is 0.250 bits per heavy atom. The summed E-state index contributed by atoms with van der Waals surface area (Å²) in [5.74, 6) is -0.867. The Kier molecular flexibility index (Phi) is 66.6. The molecule has 0 radical (unpaired) electrons. The Labute approximate surface area is 498 Å². The molecule has 0 rings (SSSR count). The van der Waals surface area contributed by atoms with Crippen molar-refractivity contribution in [1.29, 1.82) is 0 Å². The molecule has 6 heteroatoms. The maximum absolute atomic E-state index is 12.9. The monoisotopic (exact) mass is 1120 g/mol. The first kappa shape index (κ1) is 77.4. The van der Waals surface area contributed by atoms with E-state index in [9.17, 15) is 14.4 Å². The highest BCUT2D eigenvalue weighted by Gasteiger charge is 2.19. The first-order valence-electron chi connectivity index (χ1n) is 35.6. The normalized spacial score (nSPS) is 12.3. The predicted molar refractivity (Wildman–Crippen MR) is 349 cm³/mol. The van der Waals surface area contributed by atoms with Crippen molar-refractivity contribution in [2.75, 3.05) is 13.2 Å². The summed E-state index contributed by atoms with van der Waals surface area (Å²) in [5, 5.41) is 0. The van der Waals surface area contributed by atoms with E-state index in [2.05, 4.69) is 69.4 Å². The number of hydrogen-bond donors (Lipinski definition) is 0. The number of carbonyl (C=O) groups excluding carboxylic acids is 3. The highest BCUT2D eigenvalue weighted by molar-refractivity contribution is 5.71. The zero-order valence-corrected chi connectivity index (χ0v) is 53.9. The highest BCUT2D eigenvalue weighted by Crippen LogP contribution is 2.18. The maximum atomic E-state index is 12.9. The molecule has 6 nitrogen and oxygen atoms in total. The Morgan fingerprint density at radius 3 is 0.738 bits per heavy atom. The third kappa shape index (κ3) is 66.2. The van der Waals surface area contributed by atoms with Gasteiger partial charge in [0.25, 0.3) is 0 Å². The smallest absolute Gasteiger partial charge is 0.306 e. The van der Waals surface area contributed by atoms with Crippen LogP contribution in [0.1, 0.15) is 387 Å². The van der Waals surface area contributed by atoms with Crippen LogP contribution in [-0.4, -0.2) is 37.2 Å². The van der Waals surface area contributed by atoms with Crippen LogP contribution in [0.5, 0.6) is 0 Å². The van der Waals surface area contributed by atoms with Gasteiger partial charge in [0.05, 0.1) is 0 Å². The van der Waals surface area contributed by atoms with Gasteiger partial charge in [-0.15, -0.1) is 0 Å². The molecule has 0 fully saturated rings. The van der Waals surface area contributed by atoms with Crippen molar-refractivity contribution >= 4 is 17.9 Å². The van der Waals surface area contributed by atoms with Crippen LogP contribution in [0.25, 0.3) is 0 Å². The zero-order chi connectivity index (χ0) is 57.8. The van der Waals surface area contributed by atoms with Gasteiger partial charge >= 0.3 is 17.9 Å². The van der Waals surface area contributed by atoms with E-state index >= 15 is 0 Å². The second kappa shape index (κ2) is 68.9. The SMILES string of the molecule is CCCC/C=C\C/C=C\CCCCCCCC(=O)OCC(COC(=O)CCCCCCCCCCCCCCCCC/C=C\CCCCCCCCCC)OC(=O)CCCCCCCCCCC/C=C\CCCCCCCCCC. The fourth-order valence-corrected chi connectivity index (χ4v) is 10.6. The zero-order valence-electron chi connectivity index (χ0n) is 53.9. The molecule has 0 aliphatic rings. The Morgan fingerprint density at radius 2 is 0.463 bits per heavy atom. The molecule has 0 bridgehead atoms. The molecule has 0 aromatic heterocycles. The van der Waals surface area contributed by atoms with E-state index in [1.165, 1.54) is 270 Å². The quantitative estimate of drug-likeness (QED) is 0.0261. The van der Waals surface area contributed by atoms with Gasteiger partial charge < -0.3 is 14.2 Å². The second-order valence-corrected chi connectivity index (χ2v) is 24.1. The number of hydrogen-bond acceptors (Lipinski definition) is 6. The van der Waals surface area contributed by atoms with Crippen LogP contribution >= 0.6 is 0 Å². The standard InChI is InChI=1S/C74H136O6/c1-4-7-10-13-16-19-22-25-28-30-32-34-35-36-37-38-39-41-42-44-46-49-52-55-58-61-64-67-73(76)79-70-71(69-78-72(75)66-63-60-57-54-51-48-27-24-21-18-15-12-9-6-3)80-74(77)68-65-62-59-56-53-50-47-45-43-40-33-31-29-26-23-20-17-14-11-8-5-2/h15,18,24,27,30-33,71H,4-14,16-17,19-23,25-26,28-29,34-70H2,1-3H3/b18-15-,27-24-,32-30-,33-31-. The van der Waals surface area contributed by atoms with E-state index in [4.69, 9.17) is 14.2 Å². The lowest BCUT2D eigenvalue weighted by Gasteiger charge is -2.18. The lowest BCUT2D eigenvalue weighted by atomic mass is 10.0. The fraction of sp³-hybridized carbons (Fsp3) is 0.851. The van der Waals surface area contributed by atoms with Crippen molar-refractivity contribution in [2.24, 2.45) is 0 Å². The third-order valence-electron chi connectivity index (χ3n) is 16.0. The number of esters is 3. The van der Waals surface area contributed by atoms with E-state index < -0.39 is 6.10 Å². The summed E-state index contributed by atoms with van der Waals surface area (Å²) in [4.78, 5) is 38.4. The molecule has 0 spiro atoms. The second-order valence-electron chi connectivity index (χ2n) is 24.1. The highest BCUT2D eigenvalue weighted by atomic mass is 16.6. The first-order valence-corrected chi connectivity index (χ1v) is 35.6. The average molecular weight is 1120 g/mol. The largest absolute Gasteiger partial charge is 0.462 e. The first-order chi connectivity index (χ1) is 39.5. The minimum atomic E-state index is -0.780. The summed E-state index contributed by atoms with van der Waals surface area (Å²) in [6.07, 6.45) is 87.1. The summed E-state index contributed by atoms with van der Waals surface area (Å²) in [6.45, 7) is 6.65. The predicted octanol–water partition coefficient (Wildman–Crippen LogP) is 24.5. The molecule has 1 atom stereocenters. The number of rotatable bonds is 66. The van der Waals surface area contributed by atoms with E-state index in [1.54, 1.807) is 0 Å². The third-order valence-corrected chi connectivity index (χ3v) is 16.0. The average Bonchev–Trinajstić information content (AvgIpc) is 3.46. The Balaban J connectivity index is 4.25. The van der Waals surface area contributed by atoms with Gasteiger partial charge in [-0.3, -0.25) is 14.4 Å². The molecule has 1 unspecified atom stereocenters. The van der Waals surface area contributed by atoms with Crippen molar-refractivity contribution in [2.45, 2.75) is 393 Å². The van der Waals surface area contributed by atoms with Crippen LogP contribution in [0.4, 0.5) is 0 Å². The van der Waals surface area contributed by atoms with E-state index in [-0.39, 0.29) is 31.1 Å². The van der Waals surface area contributed by atoms with Crippen molar-refractivity contribution in [3.05, 3.63) is 48.6 Å². The summed E-state index contributed by atoms with van der Waals surface area (Å²) in [5.41, 5.74) is 0. The molecule has 0 aromatic rings. The van der Waals surface area contributed by atoms with Gasteiger partial charge in [0.15, 0.2) is 6.10 Å². The number of ether oxygens (including phenoxy) is 3. The minimum absolute atomic E-state index is 0.0750. The van der Waals surface area contributed by atoms with Gasteiger partial charge in [0.2, 0.25) is 0 Å². The van der Waals surface area contributed by atoms with Gasteiger partial charge in [0, 0.05) is 19.3 Å². The molecule has 468 valence electrons. The lowest BCUT2D eigenvalue weighted by molar-refractivity contribution is -0.167. The molecule has 0 saturated heterocycles. The van der Waals surface area contributed by atoms with Gasteiger partial charge in [-0.1, -0.05) is 320 Å².